The van der Waals surface area contributed by atoms with E-state index < -0.39 is 0 Å². The Hall–Kier alpha value is -0.380. The van der Waals surface area contributed by atoms with Crippen molar-refractivity contribution in [3.8, 4) is 0 Å². The Morgan fingerprint density at radius 3 is 2.62 bits per heavy atom. The van der Waals surface area contributed by atoms with E-state index in [4.69, 9.17) is 11.6 Å². The Morgan fingerprint density at radius 2 is 2.06 bits per heavy atom. The maximum atomic E-state index is 13.4. The highest BCUT2D eigenvalue weighted by Crippen LogP contribution is 2.37. The third-order valence-corrected chi connectivity index (χ3v) is 4.95. The van der Waals surface area contributed by atoms with Crippen molar-refractivity contribution >= 4 is 38.9 Å². The quantitative estimate of drug-likeness (QED) is 0.656. The third kappa shape index (κ3) is 2.47. The summed E-state index contributed by atoms with van der Waals surface area (Å²) < 4.78 is 14.2. The van der Waals surface area contributed by atoms with Gasteiger partial charge in [-0.1, -0.05) is 39.7 Å². The minimum atomic E-state index is -0.176. The molecule has 0 fully saturated rings. The number of aryl methyl sites for hydroxylation is 1. The van der Waals surface area contributed by atoms with Gasteiger partial charge in [0.25, 0.3) is 0 Å². The molecule has 16 heavy (non-hydrogen) atoms. The van der Waals surface area contributed by atoms with Crippen LogP contribution >= 0.6 is 38.9 Å². The van der Waals surface area contributed by atoms with Crippen LogP contribution in [0.5, 0.6) is 0 Å². The summed E-state index contributed by atoms with van der Waals surface area (Å²) in [5.41, 5.74) is 1.56. The summed E-state index contributed by atoms with van der Waals surface area (Å²) in [4.78, 5) is 1.08. The monoisotopic (exact) mass is 318 g/mol. The smallest absolute Gasteiger partial charge is 0.126 e. The molecule has 0 bridgehead atoms. The lowest BCUT2D eigenvalue weighted by Gasteiger charge is -2.08. The van der Waals surface area contributed by atoms with Crippen molar-refractivity contribution in [2.24, 2.45) is 0 Å². The first kappa shape index (κ1) is 12.1. The Bertz CT molecular complexity index is 509. The second kappa shape index (κ2) is 4.86. The molecule has 0 nitrogen and oxygen atoms in total. The van der Waals surface area contributed by atoms with Gasteiger partial charge in [0.2, 0.25) is 0 Å². The molecule has 0 radical (unpaired) electrons. The van der Waals surface area contributed by atoms with Gasteiger partial charge in [-0.3, -0.25) is 0 Å². The van der Waals surface area contributed by atoms with Crippen LogP contribution in [0.1, 0.15) is 20.8 Å². The molecule has 0 spiro atoms. The zero-order chi connectivity index (χ0) is 11.7. The average Bonchev–Trinajstić information content (AvgIpc) is 2.68. The van der Waals surface area contributed by atoms with E-state index in [0.717, 1.165) is 14.8 Å². The predicted octanol–water partition coefficient (Wildman–Crippen LogP) is 5.33. The summed E-state index contributed by atoms with van der Waals surface area (Å²) in [7, 11) is 0. The largest absolute Gasteiger partial charge is 0.207 e. The Kier molecular flexibility index (Phi) is 3.67. The van der Waals surface area contributed by atoms with Crippen LogP contribution in [0.3, 0.4) is 0 Å². The highest BCUT2D eigenvalue weighted by atomic mass is 79.9. The molecule has 1 aromatic carbocycles. The number of thiophene rings is 1. The van der Waals surface area contributed by atoms with Crippen molar-refractivity contribution < 1.29 is 4.39 Å². The first-order valence-electron chi connectivity index (χ1n) is 4.73. The average molecular weight is 320 g/mol. The molecule has 0 aliphatic heterocycles. The summed E-state index contributed by atoms with van der Waals surface area (Å²) >= 11 is 10.9. The second-order valence-corrected chi connectivity index (χ2v) is 6.18. The fraction of sp³-hybridized carbons (Fsp3) is 0.167. The zero-order valence-electron chi connectivity index (χ0n) is 8.51. The van der Waals surface area contributed by atoms with Crippen molar-refractivity contribution in [2.45, 2.75) is 11.8 Å². The summed E-state index contributed by atoms with van der Waals surface area (Å²) in [6, 6.07) is 9.06. The van der Waals surface area contributed by atoms with Crippen LogP contribution in [0.25, 0.3) is 0 Å². The van der Waals surface area contributed by atoms with Gasteiger partial charge in [-0.15, -0.1) is 11.3 Å². The summed E-state index contributed by atoms with van der Waals surface area (Å²) in [6.07, 6.45) is 0. The molecule has 1 atom stereocenters. The van der Waals surface area contributed by atoms with Crippen molar-refractivity contribution in [1.29, 1.82) is 0 Å². The Morgan fingerprint density at radius 1 is 1.31 bits per heavy atom. The molecule has 1 aromatic heterocycles. The molecule has 0 amide bonds. The van der Waals surface area contributed by atoms with E-state index in [-0.39, 0.29) is 10.6 Å². The molecule has 2 rings (SSSR count). The van der Waals surface area contributed by atoms with Gasteiger partial charge < -0.3 is 0 Å². The topological polar surface area (TPSA) is 0 Å². The third-order valence-electron chi connectivity index (χ3n) is 2.33. The molecule has 0 aliphatic carbocycles. The second-order valence-electron chi connectivity index (χ2n) is 3.51. The van der Waals surface area contributed by atoms with Crippen LogP contribution in [-0.4, -0.2) is 0 Å². The highest BCUT2D eigenvalue weighted by Gasteiger charge is 2.13. The summed E-state index contributed by atoms with van der Waals surface area (Å²) in [6.45, 7) is 1.75. The van der Waals surface area contributed by atoms with Gasteiger partial charge in [-0.05, 0) is 36.2 Å². The summed E-state index contributed by atoms with van der Waals surface area (Å²) in [5.74, 6) is -0.176. The van der Waals surface area contributed by atoms with Gasteiger partial charge in [-0.25, -0.2) is 4.39 Å². The van der Waals surface area contributed by atoms with Gasteiger partial charge in [0, 0.05) is 4.88 Å². The van der Waals surface area contributed by atoms with E-state index in [1.807, 2.05) is 18.2 Å². The van der Waals surface area contributed by atoms with E-state index in [0.29, 0.717) is 5.56 Å². The van der Waals surface area contributed by atoms with Crippen LogP contribution < -0.4 is 0 Å². The minimum Gasteiger partial charge on any atom is -0.207 e. The Balaban J connectivity index is 2.33. The van der Waals surface area contributed by atoms with Crippen molar-refractivity contribution in [2.75, 3.05) is 0 Å². The van der Waals surface area contributed by atoms with Crippen molar-refractivity contribution in [3.05, 3.63) is 56.5 Å². The van der Waals surface area contributed by atoms with Crippen molar-refractivity contribution in [3.63, 3.8) is 0 Å². The molecule has 0 aliphatic rings. The minimum absolute atomic E-state index is 0.0000926. The molecule has 1 unspecified atom stereocenters. The number of halogens is 3. The van der Waals surface area contributed by atoms with E-state index in [1.54, 1.807) is 19.1 Å². The molecule has 0 N–H and O–H groups in total. The molecule has 0 saturated heterocycles. The number of hydrogen-bond donors (Lipinski definition) is 0. The maximum absolute atomic E-state index is 13.4. The lowest BCUT2D eigenvalue weighted by molar-refractivity contribution is 0.616. The van der Waals surface area contributed by atoms with Gasteiger partial charge in [0.05, 0.1) is 9.16 Å². The summed E-state index contributed by atoms with van der Waals surface area (Å²) in [5, 5.41) is 0. The zero-order valence-corrected chi connectivity index (χ0v) is 11.7. The highest BCUT2D eigenvalue weighted by molar-refractivity contribution is 9.09. The number of alkyl halides is 1. The van der Waals surface area contributed by atoms with Gasteiger partial charge in [-0.2, -0.15) is 0 Å². The predicted molar refractivity (Wildman–Crippen MR) is 71.2 cm³/mol. The molecule has 0 saturated carbocycles. The molecular formula is C12H9BrClFS. The fourth-order valence-electron chi connectivity index (χ4n) is 1.40. The first-order chi connectivity index (χ1) is 7.58. The molecular weight excluding hydrogens is 311 g/mol. The lowest BCUT2D eigenvalue weighted by Crippen LogP contribution is -1.92. The maximum Gasteiger partial charge on any atom is 0.126 e. The van der Waals surface area contributed by atoms with Gasteiger partial charge in [0.1, 0.15) is 5.82 Å². The van der Waals surface area contributed by atoms with Crippen LogP contribution in [-0.2, 0) is 0 Å². The first-order valence-corrected chi connectivity index (χ1v) is 6.84. The van der Waals surface area contributed by atoms with E-state index in [1.165, 1.54) is 11.3 Å². The molecule has 2 aromatic rings. The molecule has 1 heterocycles. The molecule has 4 heteroatoms. The standard InChI is InChI=1S/C12H9BrClFS/c1-7-2-3-8(6-9(7)15)12(13)10-4-5-11(14)16-10/h2-6,12H,1H3. The van der Waals surface area contributed by atoms with Crippen molar-refractivity contribution in [1.82, 2.24) is 0 Å². The van der Waals surface area contributed by atoms with Gasteiger partial charge in [0.15, 0.2) is 0 Å². The lowest BCUT2D eigenvalue weighted by atomic mass is 10.1. The van der Waals surface area contributed by atoms with Crippen LogP contribution in [0.2, 0.25) is 4.34 Å². The normalized spacial score (nSPS) is 12.8. The van der Waals surface area contributed by atoms with Gasteiger partial charge >= 0.3 is 0 Å². The molecule has 84 valence electrons. The van der Waals surface area contributed by atoms with Crippen LogP contribution in [0, 0.1) is 12.7 Å². The number of hydrogen-bond acceptors (Lipinski definition) is 1. The Labute approximate surface area is 111 Å². The number of benzene rings is 1. The number of rotatable bonds is 2. The van der Waals surface area contributed by atoms with E-state index >= 15 is 0 Å². The van der Waals surface area contributed by atoms with Crippen LogP contribution in [0.4, 0.5) is 4.39 Å². The van der Waals surface area contributed by atoms with E-state index in [9.17, 15) is 4.39 Å². The SMILES string of the molecule is Cc1ccc(C(Br)c2ccc(Cl)s2)cc1F. The van der Waals surface area contributed by atoms with E-state index in [2.05, 4.69) is 15.9 Å². The van der Waals surface area contributed by atoms with Crippen LogP contribution in [0.15, 0.2) is 30.3 Å². The fourth-order valence-corrected chi connectivity index (χ4v) is 3.18.